The summed E-state index contributed by atoms with van der Waals surface area (Å²) in [6.07, 6.45) is 2.68. The first-order chi connectivity index (χ1) is 18.5. The van der Waals surface area contributed by atoms with Gasteiger partial charge in [0.15, 0.2) is 0 Å². The summed E-state index contributed by atoms with van der Waals surface area (Å²) >= 11 is 0. The quantitative estimate of drug-likeness (QED) is 0.425. The lowest BCUT2D eigenvalue weighted by Gasteiger charge is -2.34. The van der Waals surface area contributed by atoms with Crippen LogP contribution >= 0.6 is 0 Å². The van der Waals surface area contributed by atoms with Gasteiger partial charge in [-0.25, -0.2) is 9.48 Å². The van der Waals surface area contributed by atoms with Crippen LogP contribution < -0.4 is 14.8 Å². The Morgan fingerprint density at radius 3 is 2.33 bits per heavy atom. The van der Waals surface area contributed by atoms with Gasteiger partial charge in [-0.2, -0.15) is 5.10 Å². The summed E-state index contributed by atoms with van der Waals surface area (Å²) < 4.78 is 18.2. The molecule has 2 aromatic carbocycles. The Balaban J connectivity index is 1.66. The fourth-order valence-electron chi connectivity index (χ4n) is 4.91. The monoisotopic (exact) mass is 534 g/mol. The summed E-state index contributed by atoms with van der Waals surface area (Å²) in [5, 5.41) is 7.68. The molecule has 4 rings (SSSR count). The van der Waals surface area contributed by atoms with E-state index >= 15 is 0 Å². The summed E-state index contributed by atoms with van der Waals surface area (Å²) in [5.74, 6) is 0.867. The Morgan fingerprint density at radius 2 is 1.72 bits per heavy atom. The predicted octanol–water partition coefficient (Wildman–Crippen LogP) is 5.87. The molecule has 208 valence electrons. The number of likely N-dealkylation sites (tertiary alicyclic amines) is 1. The molecular formula is C30H38N4O5. The molecule has 9 nitrogen and oxygen atoms in total. The van der Waals surface area contributed by atoms with Crippen LogP contribution in [0.25, 0.3) is 5.69 Å². The van der Waals surface area contributed by atoms with Crippen LogP contribution in [0.3, 0.4) is 0 Å². The summed E-state index contributed by atoms with van der Waals surface area (Å²) in [7, 11) is 3.13. The number of piperidine rings is 1. The Hall–Kier alpha value is -4.01. The molecule has 0 unspecified atom stereocenters. The van der Waals surface area contributed by atoms with Crippen molar-refractivity contribution in [1.29, 1.82) is 0 Å². The van der Waals surface area contributed by atoms with Gasteiger partial charge in [0.05, 0.1) is 43.0 Å². The molecule has 1 N–H and O–H groups in total. The molecule has 3 aromatic rings. The van der Waals surface area contributed by atoms with E-state index in [0.717, 1.165) is 22.5 Å². The SMILES string of the molecule is COc1ccc(NC(=O)c2cnn(-c3ccc(C)cc3C)c2C2CCN(C(=O)OC(C)(C)C)CC2)c(OC)c1. The van der Waals surface area contributed by atoms with E-state index in [1.54, 1.807) is 43.5 Å². The van der Waals surface area contributed by atoms with Crippen molar-refractivity contribution >= 4 is 17.7 Å². The number of nitrogens with one attached hydrogen (secondary N) is 1. The summed E-state index contributed by atoms with van der Waals surface area (Å²) in [5.41, 5.74) is 4.44. The molecule has 0 aliphatic carbocycles. The number of carbonyl (C=O) groups excluding carboxylic acids is 2. The molecule has 0 atom stereocenters. The van der Waals surface area contributed by atoms with E-state index < -0.39 is 5.60 Å². The Kier molecular flexibility index (Phi) is 8.18. The predicted molar refractivity (Wildman–Crippen MR) is 150 cm³/mol. The molecule has 1 fully saturated rings. The molecule has 0 saturated carbocycles. The molecule has 0 spiro atoms. The van der Waals surface area contributed by atoms with Crippen LogP contribution in [0.2, 0.25) is 0 Å². The molecule has 39 heavy (non-hydrogen) atoms. The molecule has 0 radical (unpaired) electrons. The normalized spacial score (nSPS) is 14.2. The minimum atomic E-state index is -0.552. The van der Waals surface area contributed by atoms with E-state index in [-0.39, 0.29) is 17.9 Å². The number of hydrogen-bond donors (Lipinski definition) is 1. The van der Waals surface area contributed by atoms with E-state index in [2.05, 4.69) is 16.5 Å². The van der Waals surface area contributed by atoms with E-state index in [1.807, 2.05) is 51.4 Å². The van der Waals surface area contributed by atoms with Crippen LogP contribution in [-0.4, -0.2) is 59.6 Å². The van der Waals surface area contributed by atoms with Crippen molar-refractivity contribution in [2.75, 3.05) is 32.6 Å². The van der Waals surface area contributed by atoms with Crippen LogP contribution in [0.1, 0.15) is 66.7 Å². The molecule has 0 bridgehead atoms. The molecule has 1 saturated heterocycles. The number of rotatable bonds is 6. The van der Waals surface area contributed by atoms with Crippen LogP contribution in [-0.2, 0) is 4.74 Å². The number of anilines is 1. The Bertz CT molecular complexity index is 1350. The van der Waals surface area contributed by atoms with Crippen molar-refractivity contribution < 1.29 is 23.8 Å². The van der Waals surface area contributed by atoms with Crippen LogP contribution in [0, 0.1) is 13.8 Å². The largest absolute Gasteiger partial charge is 0.497 e. The van der Waals surface area contributed by atoms with Crippen LogP contribution in [0.5, 0.6) is 11.5 Å². The maximum atomic E-state index is 13.7. The van der Waals surface area contributed by atoms with E-state index in [0.29, 0.717) is 48.7 Å². The van der Waals surface area contributed by atoms with Crippen molar-refractivity contribution in [1.82, 2.24) is 14.7 Å². The second kappa shape index (κ2) is 11.4. The first-order valence-electron chi connectivity index (χ1n) is 13.2. The minimum absolute atomic E-state index is 0.0189. The second-order valence-electron chi connectivity index (χ2n) is 10.9. The topological polar surface area (TPSA) is 94.9 Å². The summed E-state index contributed by atoms with van der Waals surface area (Å²) in [4.78, 5) is 28.1. The van der Waals surface area contributed by atoms with Crippen LogP contribution in [0.4, 0.5) is 10.5 Å². The molecule has 2 amide bonds. The molecule has 1 aliphatic rings. The molecule has 9 heteroatoms. The van der Waals surface area contributed by atoms with Gasteiger partial charge >= 0.3 is 6.09 Å². The highest BCUT2D eigenvalue weighted by atomic mass is 16.6. The lowest BCUT2D eigenvalue weighted by Crippen LogP contribution is -2.41. The maximum Gasteiger partial charge on any atom is 0.410 e. The standard InChI is InChI=1S/C30H38N4O5/c1-19-8-11-25(20(2)16-19)34-27(21-12-14-33(15-13-21)29(36)39-30(3,4)5)23(18-31-34)28(35)32-24-10-9-22(37-6)17-26(24)38-7/h8-11,16-18,21H,12-15H2,1-7H3,(H,32,35). The number of amides is 2. The fourth-order valence-corrected chi connectivity index (χ4v) is 4.91. The Morgan fingerprint density at radius 1 is 1.00 bits per heavy atom. The van der Waals surface area contributed by atoms with Gasteiger partial charge in [0.1, 0.15) is 17.1 Å². The number of methoxy groups -OCH3 is 2. The first kappa shape index (κ1) is 28.0. The highest BCUT2D eigenvalue weighted by molar-refractivity contribution is 6.06. The molecule has 1 aromatic heterocycles. The van der Waals surface area contributed by atoms with Gasteiger partial charge in [-0.05, 0) is 71.2 Å². The zero-order valence-corrected chi connectivity index (χ0v) is 23.8. The number of aryl methyl sites for hydroxylation is 2. The third-order valence-corrected chi connectivity index (χ3v) is 6.82. The molecular weight excluding hydrogens is 496 g/mol. The minimum Gasteiger partial charge on any atom is -0.497 e. The summed E-state index contributed by atoms with van der Waals surface area (Å²) in [6, 6.07) is 11.4. The highest BCUT2D eigenvalue weighted by Gasteiger charge is 2.32. The average molecular weight is 535 g/mol. The van der Waals surface area contributed by atoms with Gasteiger partial charge in [0.25, 0.3) is 5.91 Å². The lowest BCUT2D eigenvalue weighted by molar-refractivity contribution is 0.0203. The number of aromatic nitrogens is 2. The van der Waals surface area contributed by atoms with Gasteiger partial charge in [-0.1, -0.05) is 17.7 Å². The fraction of sp³-hybridized carbons (Fsp3) is 0.433. The zero-order chi connectivity index (χ0) is 28.3. The van der Waals surface area contributed by atoms with Gasteiger partial charge in [-0.3, -0.25) is 4.79 Å². The third-order valence-electron chi connectivity index (χ3n) is 6.82. The zero-order valence-electron chi connectivity index (χ0n) is 23.8. The number of ether oxygens (including phenoxy) is 3. The van der Waals surface area contributed by atoms with Gasteiger partial charge in [-0.15, -0.1) is 0 Å². The number of carbonyl (C=O) groups is 2. The van der Waals surface area contributed by atoms with Gasteiger partial charge < -0.3 is 24.4 Å². The highest BCUT2D eigenvalue weighted by Crippen LogP contribution is 2.35. The summed E-state index contributed by atoms with van der Waals surface area (Å²) in [6.45, 7) is 10.7. The van der Waals surface area contributed by atoms with Crippen molar-refractivity contribution in [2.45, 2.75) is 59.0 Å². The van der Waals surface area contributed by atoms with Crippen LogP contribution in [0.15, 0.2) is 42.6 Å². The molecule has 2 heterocycles. The van der Waals surface area contributed by atoms with Crippen molar-refractivity contribution in [3.63, 3.8) is 0 Å². The van der Waals surface area contributed by atoms with Gasteiger partial charge in [0.2, 0.25) is 0 Å². The average Bonchev–Trinajstić information content (AvgIpc) is 3.33. The van der Waals surface area contributed by atoms with Crippen molar-refractivity contribution in [3.05, 3.63) is 65.0 Å². The molecule has 1 aliphatic heterocycles. The lowest BCUT2D eigenvalue weighted by atomic mass is 9.90. The second-order valence-corrected chi connectivity index (χ2v) is 10.9. The smallest absolute Gasteiger partial charge is 0.410 e. The number of hydrogen-bond acceptors (Lipinski definition) is 6. The first-order valence-corrected chi connectivity index (χ1v) is 13.2. The van der Waals surface area contributed by atoms with Crippen molar-refractivity contribution in [2.24, 2.45) is 0 Å². The maximum absolute atomic E-state index is 13.7. The van der Waals surface area contributed by atoms with E-state index in [9.17, 15) is 9.59 Å². The number of nitrogens with zero attached hydrogens (tertiary/aromatic N) is 3. The van der Waals surface area contributed by atoms with Crippen molar-refractivity contribution in [3.8, 4) is 17.2 Å². The van der Waals surface area contributed by atoms with E-state index in [1.165, 1.54) is 0 Å². The third kappa shape index (κ3) is 6.35. The number of benzene rings is 2. The van der Waals surface area contributed by atoms with E-state index in [4.69, 9.17) is 14.2 Å². The Labute approximate surface area is 230 Å². The van der Waals surface area contributed by atoms with Gasteiger partial charge in [0, 0.05) is 25.1 Å².